The Morgan fingerprint density at radius 1 is 1.27 bits per heavy atom. The maximum atomic E-state index is 11.4. The molecule has 0 fully saturated rings. The third kappa shape index (κ3) is 6.10. The van der Waals surface area contributed by atoms with Gasteiger partial charge in [0.25, 0.3) is 0 Å². The van der Waals surface area contributed by atoms with Crippen LogP contribution in [0.3, 0.4) is 0 Å². The topological polar surface area (TPSA) is 52.6 Å². The molecule has 0 aliphatic heterocycles. The standard InChI is InChI=1S/C11H20O4/c1-6-9(15-8(2)12)7-14-10(13)11(3,4)5/h9H,6-7H2,1-5H3. The molecule has 4 heteroatoms. The lowest BCUT2D eigenvalue weighted by Crippen LogP contribution is -2.29. The minimum Gasteiger partial charge on any atom is -0.461 e. The third-order valence-corrected chi connectivity index (χ3v) is 1.80. The fourth-order valence-corrected chi connectivity index (χ4v) is 0.855. The fraction of sp³-hybridized carbons (Fsp3) is 0.818. The van der Waals surface area contributed by atoms with Crippen molar-refractivity contribution in [3.05, 3.63) is 0 Å². The van der Waals surface area contributed by atoms with E-state index >= 15 is 0 Å². The van der Waals surface area contributed by atoms with Crippen LogP contribution in [0, 0.1) is 5.41 Å². The van der Waals surface area contributed by atoms with E-state index < -0.39 is 5.41 Å². The molecule has 0 bridgehead atoms. The second kappa shape index (κ2) is 5.73. The van der Waals surface area contributed by atoms with Gasteiger partial charge < -0.3 is 9.47 Å². The second-order valence-corrected chi connectivity index (χ2v) is 4.49. The molecule has 0 aromatic rings. The maximum absolute atomic E-state index is 11.4. The van der Waals surface area contributed by atoms with Crippen molar-refractivity contribution in [3.8, 4) is 0 Å². The van der Waals surface area contributed by atoms with E-state index in [4.69, 9.17) is 9.47 Å². The molecule has 0 N–H and O–H groups in total. The molecular weight excluding hydrogens is 196 g/mol. The molecule has 0 rings (SSSR count). The summed E-state index contributed by atoms with van der Waals surface area (Å²) in [6, 6.07) is 0. The zero-order chi connectivity index (χ0) is 12.1. The molecule has 0 aromatic carbocycles. The Kier molecular flexibility index (Phi) is 5.33. The van der Waals surface area contributed by atoms with Crippen molar-refractivity contribution in [2.75, 3.05) is 6.61 Å². The lowest BCUT2D eigenvalue weighted by Gasteiger charge is -2.20. The molecule has 1 unspecified atom stereocenters. The van der Waals surface area contributed by atoms with E-state index in [1.54, 1.807) is 20.8 Å². The molecule has 1 atom stereocenters. The van der Waals surface area contributed by atoms with Gasteiger partial charge in [0.05, 0.1) is 5.41 Å². The Bertz CT molecular complexity index is 227. The number of ether oxygens (including phenoxy) is 2. The van der Waals surface area contributed by atoms with E-state index in [1.807, 2.05) is 6.92 Å². The maximum Gasteiger partial charge on any atom is 0.311 e. The number of hydrogen-bond acceptors (Lipinski definition) is 4. The van der Waals surface area contributed by atoms with Gasteiger partial charge in [0, 0.05) is 6.92 Å². The summed E-state index contributed by atoms with van der Waals surface area (Å²) in [5.41, 5.74) is -0.519. The molecule has 0 radical (unpaired) electrons. The number of carbonyl (C=O) groups is 2. The molecule has 0 spiro atoms. The van der Waals surface area contributed by atoms with Gasteiger partial charge in [-0.2, -0.15) is 0 Å². The van der Waals surface area contributed by atoms with Crippen molar-refractivity contribution in [2.24, 2.45) is 5.41 Å². The SMILES string of the molecule is CCC(COC(=O)C(C)(C)C)OC(C)=O. The van der Waals surface area contributed by atoms with Gasteiger partial charge in [-0.15, -0.1) is 0 Å². The van der Waals surface area contributed by atoms with Crippen LogP contribution in [0.4, 0.5) is 0 Å². The molecule has 0 heterocycles. The van der Waals surface area contributed by atoms with Crippen molar-refractivity contribution in [3.63, 3.8) is 0 Å². The van der Waals surface area contributed by atoms with E-state index in [9.17, 15) is 9.59 Å². The van der Waals surface area contributed by atoms with Gasteiger partial charge in [-0.25, -0.2) is 0 Å². The van der Waals surface area contributed by atoms with Gasteiger partial charge in [-0.05, 0) is 27.2 Å². The molecule has 0 saturated heterocycles. The number of rotatable bonds is 4. The smallest absolute Gasteiger partial charge is 0.311 e. The molecule has 0 amide bonds. The molecule has 88 valence electrons. The molecular formula is C11H20O4. The molecule has 0 aliphatic carbocycles. The van der Waals surface area contributed by atoms with Crippen LogP contribution < -0.4 is 0 Å². The van der Waals surface area contributed by atoms with Crippen molar-refractivity contribution in [2.45, 2.75) is 47.1 Å². The minimum absolute atomic E-state index is 0.131. The first-order valence-electron chi connectivity index (χ1n) is 5.11. The van der Waals surface area contributed by atoms with Crippen LogP contribution in [0.2, 0.25) is 0 Å². The number of esters is 2. The van der Waals surface area contributed by atoms with E-state index in [0.717, 1.165) is 0 Å². The van der Waals surface area contributed by atoms with Crippen molar-refractivity contribution < 1.29 is 19.1 Å². The first kappa shape index (κ1) is 13.9. The first-order chi connectivity index (χ1) is 6.77. The Hall–Kier alpha value is -1.06. The molecule has 0 aromatic heterocycles. The summed E-state index contributed by atoms with van der Waals surface area (Å²) in [4.78, 5) is 22.1. The quantitative estimate of drug-likeness (QED) is 0.674. The van der Waals surface area contributed by atoms with E-state index in [0.29, 0.717) is 6.42 Å². The lowest BCUT2D eigenvalue weighted by molar-refractivity contribution is -0.163. The van der Waals surface area contributed by atoms with Gasteiger partial charge in [0.2, 0.25) is 0 Å². The summed E-state index contributed by atoms with van der Waals surface area (Å²) < 4.78 is 9.99. The van der Waals surface area contributed by atoms with Crippen molar-refractivity contribution in [1.29, 1.82) is 0 Å². The van der Waals surface area contributed by atoms with Crippen LogP contribution in [0.25, 0.3) is 0 Å². The molecule has 0 saturated carbocycles. The van der Waals surface area contributed by atoms with Gasteiger partial charge in [0.1, 0.15) is 12.7 Å². The highest BCUT2D eigenvalue weighted by Crippen LogP contribution is 2.15. The predicted molar refractivity (Wildman–Crippen MR) is 56.3 cm³/mol. The van der Waals surface area contributed by atoms with Gasteiger partial charge in [-0.3, -0.25) is 9.59 Å². The summed E-state index contributed by atoms with van der Waals surface area (Å²) in [5.74, 6) is -0.637. The summed E-state index contributed by atoms with van der Waals surface area (Å²) in [6.07, 6.45) is 0.297. The molecule has 4 nitrogen and oxygen atoms in total. The summed E-state index contributed by atoms with van der Waals surface area (Å²) in [5, 5.41) is 0. The van der Waals surface area contributed by atoms with Crippen LogP contribution in [0.15, 0.2) is 0 Å². The highest BCUT2D eigenvalue weighted by atomic mass is 16.6. The zero-order valence-corrected chi connectivity index (χ0v) is 10.1. The highest BCUT2D eigenvalue weighted by molar-refractivity contribution is 5.75. The Labute approximate surface area is 90.9 Å². The van der Waals surface area contributed by atoms with Gasteiger partial charge >= 0.3 is 11.9 Å². The number of carbonyl (C=O) groups excluding carboxylic acids is 2. The second-order valence-electron chi connectivity index (χ2n) is 4.49. The van der Waals surface area contributed by atoms with Crippen LogP contribution in [-0.4, -0.2) is 24.6 Å². The zero-order valence-electron chi connectivity index (χ0n) is 10.1. The van der Waals surface area contributed by atoms with E-state index in [2.05, 4.69) is 0 Å². The number of hydrogen-bond donors (Lipinski definition) is 0. The summed E-state index contributed by atoms with van der Waals surface area (Å²) >= 11 is 0. The summed E-state index contributed by atoms with van der Waals surface area (Å²) in [6.45, 7) is 8.69. The fourth-order valence-electron chi connectivity index (χ4n) is 0.855. The Balaban J connectivity index is 4.01. The Morgan fingerprint density at radius 2 is 1.80 bits per heavy atom. The monoisotopic (exact) mass is 216 g/mol. The first-order valence-corrected chi connectivity index (χ1v) is 5.11. The average Bonchev–Trinajstić information content (AvgIpc) is 2.09. The van der Waals surface area contributed by atoms with Crippen molar-refractivity contribution in [1.82, 2.24) is 0 Å². The van der Waals surface area contributed by atoms with Gasteiger partial charge in [-0.1, -0.05) is 6.92 Å². The molecule has 0 aliphatic rings. The lowest BCUT2D eigenvalue weighted by atomic mass is 9.97. The van der Waals surface area contributed by atoms with E-state index in [1.165, 1.54) is 6.92 Å². The normalized spacial score (nSPS) is 13.1. The predicted octanol–water partition coefficient (Wildman–Crippen LogP) is 1.92. The van der Waals surface area contributed by atoms with Crippen LogP contribution >= 0.6 is 0 Å². The molecule has 15 heavy (non-hydrogen) atoms. The van der Waals surface area contributed by atoms with E-state index in [-0.39, 0.29) is 24.6 Å². The van der Waals surface area contributed by atoms with Crippen LogP contribution in [0.5, 0.6) is 0 Å². The van der Waals surface area contributed by atoms with Gasteiger partial charge in [0.15, 0.2) is 0 Å². The van der Waals surface area contributed by atoms with Crippen LogP contribution in [0.1, 0.15) is 41.0 Å². The Morgan fingerprint density at radius 3 is 2.13 bits per heavy atom. The highest BCUT2D eigenvalue weighted by Gasteiger charge is 2.24. The van der Waals surface area contributed by atoms with Crippen LogP contribution in [-0.2, 0) is 19.1 Å². The third-order valence-electron chi connectivity index (χ3n) is 1.80. The average molecular weight is 216 g/mol. The largest absolute Gasteiger partial charge is 0.461 e. The van der Waals surface area contributed by atoms with Crippen molar-refractivity contribution >= 4 is 11.9 Å². The minimum atomic E-state index is -0.519. The summed E-state index contributed by atoms with van der Waals surface area (Å²) in [7, 11) is 0.